The Labute approximate surface area is 239 Å². The molecule has 8 heteroatoms. The zero-order chi connectivity index (χ0) is 27.5. The number of hydrogen-bond donors (Lipinski definition) is 1. The summed E-state index contributed by atoms with van der Waals surface area (Å²) < 4.78 is 11.0. The van der Waals surface area contributed by atoms with Gasteiger partial charge in [0.1, 0.15) is 11.6 Å². The molecule has 1 aliphatic heterocycles. The van der Waals surface area contributed by atoms with Gasteiger partial charge in [0.2, 0.25) is 0 Å². The van der Waals surface area contributed by atoms with E-state index in [-0.39, 0.29) is 10.8 Å². The van der Waals surface area contributed by atoms with Gasteiger partial charge in [-0.2, -0.15) is 0 Å². The van der Waals surface area contributed by atoms with E-state index in [1.807, 2.05) is 54.2 Å². The van der Waals surface area contributed by atoms with Crippen LogP contribution >= 0.6 is 11.8 Å². The number of hydrogen-bond acceptors (Lipinski definition) is 7. The highest BCUT2D eigenvalue weighted by atomic mass is 32.2. The van der Waals surface area contributed by atoms with Gasteiger partial charge in [-0.05, 0) is 75.2 Å². The molecule has 1 saturated heterocycles. The molecule has 2 fully saturated rings. The molecule has 4 aromatic rings. The Balaban J connectivity index is 1.27. The van der Waals surface area contributed by atoms with Crippen LogP contribution in [0.3, 0.4) is 0 Å². The van der Waals surface area contributed by atoms with E-state index in [0.29, 0.717) is 30.5 Å². The lowest BCUT2D eigenvalue weighted by atomic mass is 10.1. The van der Waals surface area contributed by atoms with Crippen LogP contribution < -0.4 is 15.0 Å². The Bertz CT molecular complexity index is 1470. The summed E-state index contributed by atoms with van der Waals surface area (Å²) in [4.78, 5) is 26.1. The molecule has 2 aliphatic rings. The smallest absolute Gasteiger partial charge is 0.410 e. The zero-order valence-electron chi connectivity index (χ0n) is 22.7. The lowest BCUT2D eigenvalue weighted by molar-refractivity contribution is 0.0985. The largest absolute Gasteiger partial charge is 0.417 e. The highest BCUT2D eigenvalue weighted by Gasteiger charge is 2.47. The number of carbonyl (C=O) groups is 1. The molecule has 0 bridgehead atoms. The summed E-state index contributed by atoms with van der Waals surface area (Å²) in [5, 5.41) is 2.79. The minimum Gasteiger partial charge on any atom is -0.410 e. The van der Waals surface area contributed by atoms with Crippen LogP contribution in [0.4, 0.5) is 16.3 Å². The van der Waals surface area contributed by atoms with E-state index in [9.17, 15) is 4.79 Å². The van der Waals surface area contributed by atoms with Gasteiger partial charge >= 0.3 is 6.09 Å². The lowest BCUT2D eigenvalue weighted by Crippen LogP contribution is -2.44. The molecule has 2 heterocycles. The van der Waals surface area contributed by atoms with E-state index in [4.69, 9.17) is 19.4 Å². The van der Waals surface area contributed by atoms with Gasteiger partial charge in [0, 0.05) is 28.8 Å². The number of morpholine rings is 1. The van der Waals surface area contributed by atoms with Gasteiger partial charge in [0.15, 0.2) is 5.82 Å². The molecule has 0 spiro atoms. The maximum absolute atomic E-state index is 12.3. The number of para-hydroxylation sites is 1. The van der Waals surface area contributed by atoms with Crippen LogP contribution in [-0.4, -0.2) is 41.9 Å². The fourth-order valence-electron chi connectivity index (χ4n) is 4.81. The standard InChI is InChI=1S/C32H32N4O3S/c1-22-8-14-27(15-9-22)40-32(16-17-32)28-20-29(36-18-19-38-21-23(36)2)35-30(34-28)24-10-12-25(13-11-24)33-31(37)39-26-6-4-3-5-7-26/h3-15,20,23H,16-19,21H2,1-2H3,(H,33,37)/t23-/m0/s1. The minimum atomic E-state index is -0.537. The third kappa shape index (κ3) is 5.98. The second-order valence-electron chi connectivity index (χ2n) is 10.4. The predicted octanol–water partition coefficient (Wildman–Crippen LogP) is 7.07. The van der Waals surface area contributed by atoms with Crippen molar-refractivity contribution in [1.29, 1.82) is 0 Å². The average molecular weight is 553 g/mol. The van der Waals surface area contributed by atoms with Gasteiger partial charge in [0.05, 0.1) is 29.7 Å². The first-order valence-corrected chi connectivity index (χ1v) is 14.4. The molecule has 1 atom stereocenters. The zero-order valence-corrected chi connectivity index (χ0v) is 23.5. The van der Waals surface area contributed by atoms with Gasteiger partial charge in [0.25, 0.3) is 0 Å². The molecule has 1 aromatic heterocycles. The number of benzene rings is 3. The first-order valence-electron chi connectivity index (χ1n) is 13.6. The molecule has 1 aliphatic carbocycles. The Kier molecular flexibility index (Phi) is 7.45. The first-order chi connectivity index (χ1) is 19.5. The van der Waals surface area contributed by atoms with Crippen molar-refractivity contribution in [3.8, 4) is 17.1 Å². The quantitative estimate of drug-likeness (QED) is 0.263. The van der Waals surface area contributed by atoms with E-state index in [2.05, 4.69) is 54.4 Å². The highest BCUT2D eigenvalue weighted by Crippen LogP contribution is 2.59. The monoisotopic (exact) mass is 552 g/mol. The molecule has 40 heavy (non-hydrogen) atoms. The second kappa shape index (κ2) is 11.3. The predicted molar refractivity (Wildman–Crippen MR) is 159 cm³/mol. The van der Waals surface area contributed by atoms with E-state index < -0.39 is 6.09 Å². The number of rotatable bonds is 7. The number of aryl methyl sites for hydroxylation is 1. The van der Waals surface area contributed by atoms with Crippen molar-refractivity contribution in [1.82, 2.24) is 9.97 Å². The fraction of sp³-hybridized carbons (Fsp3) is 0.281. The van der Waals surface area contributed by atoms with Gasteiger partial charge in [-0.3, -0.25) is 5.32 Å². The molecule has 7 nitrogen and oxygen atoms in total. The molecular formula is C32H32N4O3S. The molecule has 1 N–H and O–H groups in total. The normalized spacial score (nSPS) is 17.8. The van der Waals surface area contributed by atoms with Crippen molar-refractivity contribution in [3.05, 3.63) is 96.2 Å². The average Bonchev–Trinajstić information content (AvgIpc) is 3.76. The van der Waals surface area contributed by atoms with Crippen molar-refractivity contribution < 1.29 is 14.3 Å². The van der Waals surface area contributed by atoms with Crippen LogP contribution in [0.15, 0.2) is 89.8 Å². The van der Waals surface area contributed by atoms with Crippen LogP contribution in [0.25, 0.3) is 11.4 Å². The summed E-state index contributed by atoms with van der Waals surface area (Å²) in [6.07, 6.45) is 1.61. The number of thioether (sulfide) groups is 1. The van der Waals surface area contributed by atoms with Crippen molar-refractivity contribution in [3.63, 3.8) is 0 Å². The SMILES string of the molecule is Cc1ccc(SC2(c3cc(N4CCOC[C@@H]4C)nc(-c4ccc(NC(=O)Oc5ccccc5)cc4)n3)CC2)cc1. The molecule has 0 radical (unpaired) electrons. The van der Waals surface area contributed by atoms with E-state index in [0.717, 1.165) is 36.5 Å². The Morgan fingerprint density at radius 3 is 2.48 bits per heavy atom. The van der Waals surface area contributed by atoms with Crippen LogP contribution in [0, 0.1) is 6.92 Å². The topological polar surface area (TPSA) is 76.6 Å². The van der Waals surface area contributed by atoms with Crippen molar-refractivity contribution in [2.45, 2.75) is 42.4 Å². The number of aromatic nitrogens is 2. The Morgan fingerprint density at radius 1 is 1.02 bits per heavy atom. The van der Waals surface area contributed by atoms with Gasteiger partial charge in [-0.25, -0.2) is 14.8 Å². The first kappa shape index (κ1) is 26.3. The van der Waals surface area contributed by atoms with E-state index in [1.54, 1.807) is 12.1 Å². The van der Waals surface area contributed by atoms with Crippen molar-refractivity contribution in [2.24, 2.45) is 0 Å². The Morgan fingerprint density at radius 2 is 1.77 bits per heavy atom. The highest BCUT2D eigenvalue weighted by molar-refractivity contribution is 8.00. The molecular weight excluding hydrogens is 520 g/mol. The summed E-state index contributed by atoms with van der Waals surface area (Å²) in [7, 11) is 0. The van der Waals surface area contributed by atoms with Gasteiger partial charge < -0.3 is 14.4 Å². The van der Waals surface area contributed by atoms with Crippen molar-refractivity contribution in [2.75, 3.05) is 30.0 Å². The number of carbonyl (C=O) groups excluding carboxylic acids is 1. The van der Waals surface area contributed by atoms with Crippen LogP contribution in [-0.2, 0) is 9.48 Å². The number of anilines is 2. The summed E-state index contributed by atoms with van der Waals surface area (Å²) >= 11 is 1.89. The molecule has 6 rings (SSSR count). The van der Waals surface area contributed by atoms with Crippen LogP contribution in [0.1, 0.15) is 31.0 Å². The number of nitrogens with one attached hydrogen (secondary N) is 1. The fourth-order valence-corrected chi connectivity index (χ4v) is 6.05. The number of amides is 1. The number of ether oxygens (including phenoxy) is 2. The summed E-state index contributed by atoms with van der Waals surface area (Å²) in [5.41, 5.74) is 3.84. The maximum Gasteiger partial charge on any atom is 0.417 e. The van der Waals surface area contributed by atoms with Crippen LogP contribution in [0.2, 0.25) is 0 Å². The number of nitrogens with zero attached hydrogens (tertiary/aromatic N) is 3. The second-order valence-corrected chi connectivity index (χ2v) is 11.8. The molecule has 204 valence electrons. The van der Waals surface area contributed by atoms with E-state index in [1.165, 1.54) is 10.5 Å². The summed E-state index contributed by atoms with van der Waals surface area (Å²) in [6, 6.07) is 27.7. The third-order valence-corrected chi connectivity index (χ3v) is 8.74. The molecule has 3 aromatic carbocycles. The minimum absolute atomic E-state index is 0.0556. The maximum atomic E-state index is 12.3. The van der Waals surface area contributed by atoms with Crippen molar-refractivity contribution >= 4 is 29.4 Å². The molecule has 1 saturated carbocycles. The van der Waals surface area contributed by atoms with Gasteiger partial charge in [-0.15, -0.1) is 11.8 Å². The molecule has 1 amide bonds. The Hall–Kier alpha value is -3.88. The lowest BCUT2D eigenvalue weighted by Gasteiger charge is -2.34. The summed E-state index contributed by atoms with van der Waals surface area (Å²) in [5.74, 6) is 2.10. The molecule has 0 unspecified atom stereocenters. The van der Waals surface area contributed by atoms with Gasteiger partial charge in [-0.1, -0.05) is 35.9 Å². The van der Waals surface area contributed by atoms with E-state index >= 15 is 0 Å². The third-order valence-electron chi connectivity index (χ3n) is 7.22. The van der Waals surface area contributed by atoms with Crippen LogP contribution in [0.5, 0.6) is 5.75 Å². The summed E-state index contributed by atoms with van der Waals surface area (Å²) in [6.45, 7) is 6.44.